The number of carbonyl (C=O) groups excluding carboxylic acids is 1. The summed E-state index contributed by atoms with van der Waals surface area (Å²) < 4.78 is 4.85. The van der Waals surface area contributed by atoms with E-state index in [9.17, 15) is 4.79 Å². The van der Waals surface area contributed by atoms with Gasteiger partial charge in [-0.1, -0.05) is 30.3 Å². The molecule has 0 spiro atoms. The lowest BCUT2D eigenvalue weighted by atomic mass is 9.96. The molecule has 0 unspecified atom stereocenters. The number of methoxy groups -OCH3 is 1. The van der Waals surface area contributed by atoms with E-state index >= 15 is 0 Å². The predicted octanol–water partition coefficient (Wildman–Crippen LogP) is 3.65. The van der Waals surface area contributed by atoms with Crippen molar-refractivity contribution in [2.24, 2.45) is 0 Å². The van der Waals surface area contributed by atoms with Gasteiger partial charge in [-0.15, -0.1) is 0 Å². The standard InChI is InChI=1S/C17H11NO2/c1-20-17(19)16-9-12-4-2-3-5-13(12)15-8-11(10-18)6-7-14(15)16/h2-9H,1H3. The third-order valence-electron chi connectivity index (χ3n) is 3.39. The highest BCUT2D eigenvalue weighted by atomic mass is 16.5. The Hall–Kier alpha value is -2.86. The van der Waals surface area contributed by atoms with Crippen molar-refractivity contribution in [2.75, 3.05) is 7.11 Å². The first kappa shape index (κ1) is 12.2. The number of fused-ring (bicyclic) bond motifs is 3. The van der Waals surface area contributed by atoms with Crippen LogP contribution >= 0.6 is 0 Å². The van der Waals surface area contributed by atoms with Crippen LogP contribution in [-0.2, 0) is 4.74 Å². The summed E-state index contributed by atoms with van der Waals surface area (Å²) in [6.07, 6.45) is 0. The molecule has 96 valence electrons. The summed E-state index contributed by atoms with van der Waals surface area (Å²) in [5, 5.41) is 12.7. The van der Waals surface area contributed by atoms with Crippen LogP contribution in [0.4, 0.5) is 0 Å². The maximum absolute atomic E-state index is 11.9. The molecular formula is C17H11NO2. The second-order valence-electron chi connectivity index (χ2n) is 4.51. The quantitative estimate of drug-likeness (QED) is 0.496. The summed E-state index contributed by atoms with van der Waals surface area (Å²) in [7, 11) is 1.37. The zero-order valence-electron chi connectivity index (χ0n) is 10.9. The maximum Gasteiger partial charge on any atom is 0.338 e. The molecule has 0 amide bonds. The van der Waals surface area contributed by atoms with Crippen LogP contribution in [0.15, 0.2) is 48.5 Å². The Morgan fingerprint density at radius 3 is 2.60 bits per heavy atom. The average molecular weight is 261 g/mol. The Morgan fingerprint density at radius 1 is 1.05 bits per heavy atom. The molecule has 3 heteroatoms. The van der Waals surface area contributed by atoms with Gasteiger partial charge in [-0.3, -0.25) is 0 Å². The highest BCUT2D eigenvalue weighted by molar-refractivity contribution is 6.16. The SMILES string of the molecule is COC(=O)c1cc2ccccc2c2cc(C#N)ccc12. The van der Waals surface area contributed by atoms with Gasteiger partial charge in [-0.25, -0.2) is 4.79 Å². The van der Waals surface area contributed by atoms with Gasteiger partial charge in [0.15, 0.2) is 0 Å². The molecule has 0 aliphatic heterocycles. The average Bonchev–Trinajstić information content (AvgIpc) is 2.52. The minimum absolute atomic E-state index is 0.370. The molecule has 0 atom stereocenters. The van der Waals surface area contributed by atoms with Crippen molar-refractivity contribution in [1.82, 2.24) is 0 Å². The van der Waals surface area contributed by atoms with Crippen LogP contribution in [0.1, 0.15) is 15.9 Å². The molecule has 0 heterocycles. The van der Waals surface area contributed by atoms with E-state index in [0.29, 0.717) is 11.1 Å². The third-order valence-corrected chi connectivity index (χ3v) is 3.39. The summed E-state index contributed by atoms with van der Waals surface area (Å²) >= 11 is 0. The normalized spacial score (nSPS) is 10.4. The van der Waals surface area contributed by atoms with Crippen molar-refractivity contribution in [1.29, 1.82) is 5.26 Å². The molecule has 3 rings (SSSR count). The molecule has 0 saturated heterocycles. The van der Waals surface area contributed by atoms with Crippen molar-refractivity contribution in [2.45, 2.75) is 0 Å². The Labute approximate surface area is 116 Å². The van der Waals surface area contributed by atoms with Crippen molar-refractivity contribution in [3.05, 3.63) is 59.7 Å². The largest absolute Gasteiger partial charge is 0.465 e. The van der Waals surface area contributed by atoms with E-state index in [1.165, 1.54) is 7.11 Å². The zero-order chi connectivity index (χ0) is 14.1. The van der Waals surface area contributed by atoms with Gasteiger partial charge in [0.1, 0.15) is 0 Å². The number of ether oxygens (including phenoxy) is 1. The van der Waals surface area contributed by atoms with E-state index in [0.717, 1.165) is 21.5 Å². The molecule has 0 aliphatic rings. The van der Waals surface area contributed by atoms with Gasteiger partial charge in [-0.05, 0) is 39.7 Å². The predicted molar refractivity (Wildman–Crippen MR) is 77.5 cm³/mol. The molecular weight excluding hydrogens is 250 g/mol. The fourth-order valence-electron chi connectivity index (χ4n) is 2.45. The molecule has 0 aromatic heterocycles. The van der Waals surface area contributed by atoms with E-state index in [4.69, 9.17) is 10.00 Å². The first-order chi connectivity index (χ1) is 9.74. The van der Waals surface area contributed by atoms with Gasteiger partial charge in [0.25, 0.3) is 0 Å². The van der Waals surface area contributed by atoms with Crippen molar-refractivity contribution in [3.63, 3.8) is 0 Å². The van der Waals surface area contributed by atoms with Crippen LogP contribution in [0.5, 0.6) is 0 Å². The number of benzene rings is 3. The topological polar surface area (TPSA) is 50.1 Å². The summed E-state index contributed by atoms with van der Waals surface area (Å²) in [6, 6.07) is 17.1. The lowest BCUT2D eigenvalue weighted by Crippen LogP contribution is -2.02. The van der Waals surface area contributed by atoms with Crippen LogP contribution in [0.2, 0.25) is 0 Å². The first-order valence-corrected chi connectivity index (χ1v) is 6.18. The van der Waals surface area contributed by atoms with Crippen LogP contribution in [0, 0.1) is 11.3 Å². The zero-order valence-corrected chi connectivity index (χ0v) is 10.9. The van der Waals surface area contributed by atoms with Crippen LogP contribution < -0.4 is 0 Å². The van der Waals surface area contributed by atoms with Gasteiger partial charge in [-0.2, -0.15) is 5.26 Å². The molecule has 0 saturated carbocycles. The number of rotatable bonds is 1. The fraction of sp³-hybridized carbons (Fsp3) is 0.0588. The Balaban J connectivity index is 2.51. The van der Waals surface area contributed by atoms with Crippen LogP contribution in [-0.4, -0.2) is 13.1 Å². The highest BCUT2D eigenvalue weighted by Crippen LogP contribution is 2.29. The fourth-order valence-corrected chi connectivity index (χ4v) is 2.45. The number of nitriles is 1. The number of esters is 1. The Kier molecular flexibility index (Phi) is 2.85. The summed E-state index contributed by atoms with van der Waals surface area (Å²) in [4.78, 5) is 11.9. The molecule has 0 N–H and O–H groups in total. The van der Waals surface area contributed by atoms with E-state index < -0.39 is 0 Å². The van der Waals surface area contributed by atoms with Crippen molar-refractivity contribution in [3.8, 4) is 6.07 Å². The Morgan fingerprint density at radius 2 is 1.85 bits per heavy atom. The summed E-state index contributed by atoms with van der Waals surface area (Å²) in [6.45, 7) is 0. The summed E-state index contributed by atoms with van der Waals surface area (Å²) in [5.74, 6) is -0.370. The highest BCUT2D eigenvalue weighted by Gasteiger charge is 2.13. The number of nitrogens with zero attached hydrogens (tertiary/aromatic N) is 1. The number of hydrogen-bond donors (Lipinski definition) is 0. The monoisotopic (exact) mass is 261 g/mol. The maximum atomic E-state index is 11.9. The van der Waals surface area contributed by atoms with Gasteiger partial charge in [0.2, 0.25) is 0 Å². The van der Waals surface area contributed by atoms with Gasteiger partial charge < -0.3 is 4.74 Å². The molecule has 0 radical (unpaired) electrons. The van der Waals surface area contributed by atoms with Gasteiger partial charge >= 0.3 is 5.97 Å². The van der Waals surface area contributed by atoms with E-state index in [2.05, 4.69) is 6.07 Å². The van der Waals surface area contributed by atoms with Crippen LogP contribution in [0.3, 0.4) is 0 Å². The molecule has 3 nitrogen and oxygen atoms in total. The molecule has 0 bridgehead atoms. The Bertz CT molecular complexity index is 875. The van der Waals surface area contributed by atoms with Crippen molar-refractivity contribution < 1.29 is 9.53 Å². The first-order valence-electron chi connectivity index (χ1n) is 6.18. The van der Waals surface area contributed by atoms with E-state index in [-0.39, 0.29) is 5.97 Å². The lowest BCUT2D eigenvalue weighted by Gasteiger charge is -2.09. The molecule has 20 heavy (non-hydrogen) atoms. The second kappa shape index (κ2) is 4.67. The smallest absolute Gasteiger partial charge is 0.338 e. The number of carbonyl (C=O) groups is 1. The molecule has 0 fully saturated rings. The molecule has 3 aromatic carbocycles. The lowest BCUT2D eigenvalue weighted by molar-refractivity contribution is 0.0603. The second-order valence-corrected chi connectivity index (χ2v) is 4.51. The number of hydrogen-bond acceptors (Lipinski definition) is 3. The minimum atomic E-state index is -0.370. The van der Waals surface area contributed by atoms with Crippen LogP contribution in [0.25, 0.3) is 21.5 Å². The molecule has 0 aliphatic carbocycles. The minimum Gasteiger partial charge on any atom is -0.465 e. The summed E-state index contributed by atoms with van der Waals surface area (Å²) in [5.41, 5.74) is 1.09. The van der Waals surface area contributed by atoms with E-state index in [1.54, 1.807) is 12.1 Å². The third kappa shape index (κ3) is 1.79. The van der Waals surface area contributed by atoms with Gasteiger partial charge in [0, 0.05) is 0 Å². The van der Waals surface area contributed by atoms with Crippen molar-refractivity contribution >= 4 is 27.5 Å². The van der Waals surface area contributed by atoms with Gasteiger partial charge in [0.05, 0.1) is 24.3 Å². The van der Waals surface area contributed by atoms with E-state index in [1.807, 2.05) is 36.4 Å². The molecule has 3 aromatic rings.